The normalized spacial score (nSPS) is 12.2. The Balaban J connectivity index is 1.99. The fraction of sp³-hybridized carbons (Fsp3) is 0.333. The van der Waals surface area contributed by atoms with E-state index >= 15 is 0 Å². The molecule has 0 aliphatic heterocycles. The van der Waals surface area contributed by atoms with Crippen LogP contribution in [0.3, 0.4) is 0 Å². The summed E-state index contributed by atoms with van der Waals surface area (Å²) < 4.78 is 5.60. The van der Waals surface area contributed by atoms with E-state index < -0.39 is 0 Å². The van der Waals surface area contributed by atoms with Crippen LogP contribution in [0.2, 0.25) is 0 Å². The van der Waals surface area contributed by atoms with Gasteiger partial charge in [0.15, 0.2) is 0 Å². The highest BCUT2D eigenvalue weighted by atomic mass is 32.2. The summed E-state index contributed by atoms with van der Waals surface area (Å²) in [5, 5.41) is 0. The molecule has 0 amide bonds. The number of nitrogens with two attached hydrogens (primary N) is 1. The molecule has 0 aliphatic rings. The molecule has 2 N–H and O–H groups in total. The zero-order valence-electron chi connectivity index (χ0n) is 11.7. The second-order valence-corrected chi connectivity index (χ2v) is 5.40. The highest BCUT2D eigenvalue weighted by Crippen LogP contribution is 2.22. The second-order valence-electron chi connectivity index (χ2n) is 4.52. The minimum absolute atomic E-state index is 0.157. The molecule has 2 aromatic rings. The largest absolute Gasteiger partial charge is 0.424 e. The number of benzene rings is 1. The molecule has 0 saturated heterocycles. The van der Waals surface area contributed by atoms with Crippen molar-refractivity contribution in [3.63, 3.8) is 0 Å². The van der Waals surface area contributed by atoms with Crippen LogP contribution >= 0.6 is 11.8 Å². The van der Waals surface area contributed by atoms with Crippen molar-refractivity contribution >= 4 is 11.8 Å². The number of hydrogen-bond donors (Lipinski definition) is 1. The third-order valence-electron chi connectivity index (χ3n) is 2.97. The van der Waals surface area contributed by atoms with E-state index in [1.807, 2.05) is 30.5 Å². The molecule has 0 bridgehead atoms. The Kier molecular flexibility index (Phi) is 5.38. The van der Waals surface area contributed by atoms with E-state index in [1.54, 1.807) is 24.2 Å². The fourth-order valence-corrected chi connectivity index (χ4v) is 2.11. The summed E-state index contributed by atoms with van der Waals surface area (Å²) in [7, 11) is 0. The minimum atomic E-state index is 0.157. The van der Waals surface area contributed by atoms with Crippen molar-refractivity contribution in [3.8, 4) is 11.8 Å². The summed E-state index contributed by atoms with van der Waals surface area (Å²) in [5.74, 6) is 0.737. The number of rotatable bonds is 6. The molecule has 2 rings (SSSR count). The third-order valence-corrected chi connectivity index (χ3v) is 3.72. The van der Waals surface area contributed by atoms with E-state index in [0.29, 0.717) is 6.01 Å². The van der Waals surface area contributed by atoms with Crippen LogP contribution in [-0.2, 0) is 6.42 Å². The van der Waals surface area contributed by atoms with Crippen LogP contribution in [0, 0.1) is 0 Å². The molecule has 0 spiro atoms. The molecule has 1 heterocycles. The third kappa shape index (κ3) is 4.21. The first-order valence-electron chi connectivity index (χ1n) is 6.59. The predicted molar refractivity (Wildman–Crippen MR) is 82.3 cm³/mol. The van der Waals surface area contributed by atoms with Gasteiger partial charge in [-0.1, -0.05) is 6.92 Å². The maximum absolute atomic E-state index is 5.91. The van der Waals surface area contributed by atoms with Crippen LogP contribution in [0.4, 0.5) is 0 Å². The summed E-state index contributed by atoms with van der Waals surface area (Å²) in [6.45, 7) is 2.07. The summed E-state index contributed by atoms with van der Waals surface area (Å²) >= 11 is 1.69. The number of aromatic nitrogens is 2. The van der Waals surface area contributed by atoms with Gasteiger partial charge in [-0.25, -0.2) is 9.97 Å². The van der Waals surface area contributed by atoms with Crippen LogP contribution < -0.4 is 10.5 Å². The van der Waals surface area contributed by atoms with Gasteiger partial charge in [-0.15, -0.1) is 11.8 Å². The van der Waals surface area contributed by atoms with E-state index in [1.165, 1.54) is 4.90 Å². The van der Waals surface area contributed by atoms with E-state index in [-0.39, 0.29) is 6.04 Å². The first-order valence-corrected chi connectivity index (χ1v) is 7.82. The Hall–Kier alpha value is -1.59. The lowest BCUT2D eigenvalue weighted by Gasteiger charge is -2.08. The first-order chi connectivity index (χ1) is 9.71. The summed E-state index contributed by atoms with van der Waals surface area (Å²) in [6.07, 6.45) is 7.32. The summed E-state index contributed by atoms with van der Waals surface area (Å²) in [5.41, 5.74) is 6.94. The maximum atomic E-state index is 5.91. The molecule has 106 valence electrons. The molecule has 0 radical (unpaired) electrons. The van der Waals surface area contributed by atoms with Crippen LogP contribution in [-0.4, -0.2) is 22.3 Å². The van der Waals surface area contributed by atoms with Crippen molar-refractivity contribution in [2.75, 3.05) is 6.26 Å². The number of nitrogens with zero attached hydrogens (tertiary/aromatic N) is 2. The van der Waals surface area contributed by atoms with E-state index in [2.05, 4.69) is 16.9 Å². The van der Waals surface area contributed by atoms with Crippen LogP contribution in [0.5, 0.6) is 11.8 Å². The van der Waals surface area contributed by atoms with Gasteiger partial charge in [-0.3, -0.25) is 0 Å². The smallest absolute Gasteiger partial charge is 0.321 e. The highest BCUT2D eigenvalue weighted by Gasteiger charge is 2.04. The van der Waals surface area contributed by atoms with Crippen molar-refractivity contribution in [1.82, 2.24) is 9.97 Å². The molecule has 0 saturated carbocycles. The molecule has 1 atom stereocenters. The van der Waals surface area contributed by atoms with Crippen molar-refractivity contribution in [1.29, 1.82) is 0 Å². The topological polar surface area (TPSA) is 61.0 Å². The van der Waals surface area contributed by atoms with Gasteiger partial charge in [0.1, 0.15) is 5.75 Å². The fourth-order valence-electron chi connectivity index (χ4n) is 1.70. The molecule has 4 nitrogen and oxygen atoms in total. The predicted octanol–water partition coefficient (Wildman–Crippen LogP) is 3.27. The molecule has 1 unspecified atom stereocenters. The lowest BCUT2D eigenvalue weighted by atomic mass is 10.1. The van der Waals surface area contributed by atoms with Gasteiger partial charge < -0.3 is 10.5 Å². The summed E-state index contributed by atoms with van der Waals surface area (Å²) in [4.78, 5) is 9.62. The van der Waals surface area contributed by atoms with Gasteiger partial charge in [0, 0.05) is 23.3 Å². The van der Waals surface area contributed by atoms with Crippen LogP contribution in [0.1, 0.15) is 18.9 Å². The zero-order valence-corrected chi connectivity index (χ0v) is 12.6. The van der Waals surface area contributed by atoms with Gasteiger partial charge in [-0.05, 0) is 48.9 Å². The molecule has 1 aromatic heterocycles. The SMILES string of the molecule is CCC(N)Cc1cnc(Oc2ccc(SC)cc2)nc1. The molecule has 0 aliphatic carbocycles. The quantitative estimate of drug-likeness (QED) is 0.827. The van der Waals surface area contributed by atoms with Gasteiger partial charge in [0.25, 0.3) is 0 Å². The van der Waals surface area contributed by atoms with Gasteiger partial charge in [0.05, 0.1) is 0 Å². The zero-order chi connectivity index (χ0) is 14.4. The Morgan fingerprint density at radius 3 is 2.40 bits per heavy atom. The van der Waals surface area contributed by atoms with Crippen LogP contribution in [0.15, 0.2) is 41.6 Å². The first kappa shape index (κ1) is 14.8. The van der Waals surface area contributed by atoms with Gasteiger partial charge >= 0.3 is 6.01 Å². The van der Waals surface area contributed by atoms with Crippen LogP contribution in [0.25, 0.3) is 0 Å². The average Bonchev–Trinajstić information content (AvgIpc) is 2.50. The number of thioether (sulfide) groups is 1. The number of ether oxygens (including phenoxy) is 1. The van der Waals surface area contributed by atoms with Crippen molar-refractivity contribution in [3.05, 3.63) is 42.2 Å². The van der Waals surface area contributed by atoms with E-state index in [0.717, 1.165) is 24.2 Å². The molecule has 0 fully saturated rings. The van der Waals surface area contributed by atoms with E-state index in [9.17, 15) is 0 Å². The second kappa shape index (κ2) is 7.26. The molecule has 20 heavy (non-hydrogen) atoms. The molecule has 1 aromatic carbocycles. The lowest BCUT2D eigenvalue weighted by molar-refractivity contribution is 0.440. The average molecular weight is 289 g/mol. The molecular weight excluding hydrogens is 270 g/mol. The van der Waals surface area contributed by atoms with Crippen molar-refractivity contribution in [2.45, 2.75) is 30.7 Å². The highest BCUT2D eigenvalue weighted by molar-refractivity contribution is 7.98. The monoisotopic (exact) mass is 289 g/mol. The Morgan fingerprint density at radius 2 is 1.85 bits per heavy atom. The van der Waals surface area contributed by atoms with Gasteiger partial charge in [0.2, 0.25) is 0 Å². The summed E-state index contributed by atoms with van der Waals surface area (Å²) in [6, 6.07) is 8.36. The minimum Gasteiger partial charge on any atom is -0.424 e. The Bertz CT molecular complexity index is 528. The Labute approximate surface area is 123 Å². The van der Waals surface area contributed by atoms with Gasteiger partial charge in [-0.2, -0.15) is 0 Å². The number of hydrogen-bond acceptors (Lipinski definition) is 5. The van der Waals surface area contributed by atoms with E-state index in [4.69, 9.17) is 10.5 Å². The molecule has 5 heteroatoms. The maximum Gasteiger partial charge on any atom is 0.321 e. The van der Waals surface area contributed by atoms with Crippen molar-refractivity contribution in [2.24, 2.45) is 5.73 Å². The Morgan fingerprint density at radius 1 is 1.20 bits per heavy atom. The van der Waals surface area contributed by atoms with Crippen molar-refractivity contribution < 1.29 is 4.74 Å². The molecular formula is C15H19N3OS. The lowest BCUT2D eigenvalue weighted by Crippen LogP contribution is -2.21. The standard InChI is InChI=1S/C15H19N3OS/c1-3-12(16)8-11-9-17-15(18-10-11)19-13-4-6-14(20-2)7-5-13/h4-7,9-10,12H,3,8,16H2,1-2H3.